The SMILES string of the molecule is CC(=O)c1c[nH]c(C(=O)N(Cc2cccs2)C2CC2)c1. The standard InChI is InChI=1S/C15H16N2O2S/c1-10(18)11-7-14(16-8-11)15(19)17(12-4-5-12)9-13-3-2-6-20-13/h2-3,6-8,12,16H,4-5,9H2,1H3. The molecule has 0 atom stereocenters. The maximum Gasteiger partial charge on any atom is 0.270 e. The molecule has 104 valence electrons. The van der Waals surface area contributed by atoms with Gasteiger partial charge in [-0.1, -0.05) is 6.07 Å². The van der Waals surface area contributed by atoms with Gasteiger partial charge in [0.15, 0.2) is 5.78 Å². The summed E-state index contributed by atoms with van der Waals surface area (Å²) in [4.78, 5) is 29.9. The number of nitrogens with zero attached hydrogens (tertiary/aromatic N) is 1. The molecule has 0 aliphatic heterocycles. The summed E-state index contributed by atoms with van der Waals surface area (Å²) in [6, 6.07) is 6.03. The number of carbonyl (C=O) groups excluding carboxylic acids is 2. The second-order valence-corrected chi connectivity index (χ2v) is 6.13. The van der Waals surface area contributed by atoms with E-state index in [4.69, 9.17) is 0 Å². The largest absolute Gasteiger partial charge is 0.356 e. The molecule has 2 heterocycles. The van der Waals surface area contributed by atoms with Crippen LogP contribution in [-0.2, 0) is 6.54 Å². The van der Waals surface area contributed by atoms with Crippen LogP contribution in [0.3, 0.4) is 0 Å². The van der Waals surface area contributed by atoms with E-state index in [1.807, 2.05) is 22.4 Å². The smallest absolute Gasteiger partial charge is 0.270 e. The van der Waals surface area contributed by atoms with Gasteiger partial charge in [-0.25, -0.2) is 0 Å². The van der Waals surface area contributed by atoms with Crippen LogP contribution < -0.4 is 0 Å². The van der Waals surface area contributed by atoms with Crippen molar-refractivity contribution < 1.29 is 9.59 Å². The fourth-order valence-corrected chi connectivity index (χ4v) is 2.90. The van der Waals surface area contributed by atoms with E-state index in [0.717, 1.165) is 12.8 Å². The Bertz CT molecular complexity index is 626. The first-order chi connectivity index (χ1) is 9.65. The molecule has 0 spiro atoms. The van der Waals surface area contributed by atoms with Crippen LogP contribution in [-0.4, -0.2) is 27.6 Å². The monoisotopic (exact) mass is 288 g/mol. The number of hydrogen-bond donors (Lipinski definition) is 1. The minimum Gasteiger partial charge on any atom is -0.356 e. The van der Waals surface area contributed by atoms with E-state index < -0.39 is 0 Å². The minimum atomic E-state index is -0.0310. The van der Waals surface area contributed by atoms with Crippen molar-refractivity contribution in [3.05, 3.63) is 45.9 Å². The van der Waals surface area contributed by atoms with Crippen molar-refractivity contribution in [3.8, 4) is 0 Å². The molecule has 0 radical (unpaired) electrons. The van der Waals surface area contributed by atoms with Crippen LogP contribution in [0.25, 0.3) is 0 Å². The third-order valence-corrected chi connectivity index (χ3v) is 4.34. The van der Waals surface area contributed by atoms with E-state index in [2.05, 4.69) is 4.98 Å². The van der Waals surface area contributed by atoms with Crippen LogP contribution in [0.2, 0.25) is 0 Å². The first-order valence-electron chi connectivity index (χ1n) is 6.68. The highest BCUT2D eigenvalue weighted by atomic mass is 32.1. The van der Waals surface area contributed by atoms with Gasteiger partial charge >= 0.3 is 0 Å². The number of nitrogens with one attached hydrogen (secondary N) is 1. The third kappa shape index (κ3) is 2.67. The van der Waals surface area contributed by atoms with Gasteiger partial charge in [-0.05, 0) is 37.3 Å². The Morgan fingerprint density at radius 3 is 2.80 bits per heavy atom. The average molecular weight is 288 g/mol. The Balaban J connectivity index is 1.79. The zero-order chi connectivity index (χ0) is 14.1. The van der Waals surface area contributed by atoms with Gasteiger partial charge in [0.25, 0.3) is 5.91 Å². The predicted molar refractivity (Wildman–Crippen MR) is 78.0 cm³/mol. The first kappa shape index (κ1) is 13.1. The molecule has 1 aliphatic rings. The molecule has 1 amide bonds. The highest BCUT2D eigenvalue weighted by molar-refractivity contribution is 7.09. The molecule has 1 saturated carbocycles. The molecule has 2 aromatic heterocycles. The predicted octanol–water partition coefficient (Wildman–Crippen LogP) is 3.08. The van der Waals surface area contributed by atoms with Crippen LogP contribution in [0.1, 0.15) is 45.5 Å². The summed E-state index contributed by atoms with van der Waals surface area (Å²) in [5.74, 6) is -0.0510. The summed E-state index contributed by atoms with van der Waals surface area (Å²) in [6.45, 7) is 2.15. The van der Waals surface area contributed by atoms with Crippen molar-refractivity contribution >= 4 is 23.0 Å². The number of hydrogen-bond acceptors (Lipinski definition) is 3. The van der Waals surface area contributed by atoms with Crippen LogP contribution in [0.4, 0.5) is 0 Å². The van der Waals surface area contributed by atoms with Crippen LogP contribution in [0.5, 0.6) is 0 Å². The van der Waals surface area contributed by atoms with Crippen molar-refractivity contribution in [2.75, 3.05) is 0 Å². The average Bonchev–Trinajstić information content (AvgIpc) is 2.95. The van der Waals surface area contributed by atoms with E-state index in [1.54, 1.807) is 23.6 Å². The van der Waals surface area contributed by atoms with E-state index in [1.165, 1.54) is 11.8 Å². The van der Waals surface area contributed by atoms with Gasteiger partial charge in [-0.3, -0.25) is 9.59 Å². The summed E-state index contributed by atoms with van der Waals surface area (Å²) < 4.78 is 0. The molecule has 1 fully saturated rings. The summed E-state index contributed by atoms with van der Waals surface area (Å²) in [7, 11) is 0. The van der Waals surface area contributed by atoms with Gasteiger partial charge in [0.2, 0.25) is 0 Å². The molecule has 2 aromatic rings. The van der Waals surface area contributed by atoms with Gasteiger partial charge in [0.05, 0.1) is 6.54 Å². The molecule has 20 heavy (non-hydrogen) atoms. The van der Waals surface area contributed by atoms with E-state index in [-0.39, 0.29) is 11.7 Å². The van der Waals surface area contributed by atoms with Gasteiger partial charge in [0.1, 0.15) is 5.69 Å². The first-order valence-corrected chi connectivity index (χ1v) is 7.56. The Morgan fingerprint density at radius 2 is 2.25 bits per heavy atom. The number of thiophene rings is 1. The Kier molecular flexibility index (Phi) is 3.44. The third-order valence-electron chi connectivity index (χ3n) is 3.47. The Hall–Kier alpha value is -1.88. The lowest BCUT2D eigenvalue weighted by molar-refractivity contribution is 0.0726. The molecular weight excluding hydrogens is 272 g/mol. The van der Waals surface area contributed by atoms with Crippen molar-refractivity contribution in [3.63, 3.8) is 0 Å². The lowest BCUT2D eigenvalue weighted by Gasteiger charge is -2.21. The lowest BCUT2D eigenvalue weighted by Crippen LogP contribution is -2.32. The molecule has 0 unspecified atom stereocenters. The molecule has 1 aliphatic carbocycles. The van der Waals surface area contributed by atoms with E-state index >= 15 is 0 Å². The Labute approximate surface area is 121 Å². The zero-order valence-corrected chi connectivity index (χ0v) is 12.1. The molecule has 5 heteroatoms. The van der Waals surface area contributed by atoms with Crippen LogP contribution in [0, 0.1) is 0 Å². The Morgan fingerprint density at radius 1 is 1.45 bits per heavy atom. The number of amides is 1. The van der Waals surface area contributed by atoms with E-state index in [0.29, 0.717) is 23.8 Å². The molecule has 4 nitrogen and oxygen atoms in total. The molecule has 0 bridgehead atoms. The number of Topliss-reactive ketones (excluding diaryl/α,β-unsaturated/α-hetero) is 1. The zero-order valence-electron chi connectivity index (χ0n) is 11.3. The fraction of sp³-hybridized carbons (Fsp3) is 0.333. The second kappa shape index (κ2) is 5.25. The van der Waals surface area contributed by atoms with Crippen molar-refractivity contribution in [2.24, 2.45) is 0 Å². The number of carbonyl (C=O) groups is 2. The molecular formula is C15H16N2O2S. The van der Waals surface area contributed by atoms with Gasteiger partial charge in [0, 0.05) is 22.7 Å². The van der Waals surface area contributed by atoms with E-state index in [9.17, 15) is 9.59 Å². The normalized spacial score (nSPS) is 14.2. The molecule has 0 aromatic carbocycles. The molecule has 3 rings (SSSR count). The minimum absolute atomic E-state index is 0.0200. The van der Waals surface area contributed by atoms with Crippen molar-refractivity contribution in [1.82, 2.24) is 9.88 Å². The van der Waals surface area contributed by atoms with Gasteiger partial charge in [-0.2, -0.15) is 0 Å². The number of aromatic nitrogens is 1. The maximum atomic E-state index is 12.6. The van der Waals surface area contributed by atoms with Gasteiger partial charge in [-0.15, -0.1) is 11.3 Å². The number of ketones is 1. The molecule has 1 N–H and O–H groups in total. The highest BCUT2D eigenvalue weighted by Gasteiger charge is 2.33. The summed E-state index contributed by atoms with van der Waals surface area (Å²) >= 11 is 1.66. The van der Waals surface area contributed by atoms with Crippen LogP contribution in [0.15, 0.2) is 29.8 Å². The molecule has 0 saturated heterocycles. The quantitative estimate of drug-likeness (QED) is 0.860. The fourth-order valence-electron chi connectivity index (χ4n) is 2.20. The lowest BCUT2D eigenvalue weighted by atomic mass is 10.2. The number of aromatic amines is 1. The van der Waals surface area contributed by atoms with Gasteiger partial charge < -0.3 is 9.88 Å². The summed E-state index contributed by atoms with van der Waals surface area (Å²) in [5, 5.41) is 2.02. The number of rotatable bonds is 5. The highest BCUT2D eigenvalue weighted by Crippen LogP contribution is 2.30. The summed E-state index contributed by atoms with van der Waals surface area (Å²) in [6.07, 6.45) is 3.74. The number of H-pyrrole nitrogens is 1. The van der Waals surface area contributed by atoms with Crippen molar-refractivity contribution in [2.45, 2.75) is 32.4 Å². The summed E-state index contributed by atoms with van der Waals surface area (Å²) in [5.41, 5.74) is 1.05. The topological polar surface area (TPSA) is 53.2 Å². The van der Waals surface area contributed by atoms with Crippen molar-refractivity contribution in [1.29, 1.82) is 0 Å². The maximum absolute atomic E-state index is 12.6. The van der Waals surface area contributed by atoms with Crippen LogP contribution >= 0.6 is 11.3 Å². The second-order valence-electron chi connectivity index (χ2n) is 5.10.